The van der Waals surface area contributed by atoms with Crippen molar-refractivity contribution in [1.29, 1.82) is 0 Å². The van der Waals surface area contributed by atoms with Crippen molar-refractivity contribution in [2.75, 3.05) is 0 Å². The molecule has 0 aliphatic heterocycles. The Hall–Kier alpha value is -0.560. The standard InChI is InChI=1S/C11H20O/c1-5-6-7-8-10(4)11(12)9(2)3/h5-12H,1-4H3/b6-5?,8-7+/t10-,11+/m1/s1. The molecule has 1 nitrogen and oxygen atoms in total. The van der Waals surface area contributed by atoms with Crippen molar-refractivity contribution < 1.29 is 5.11 Å². The third kappa shape index (κ3) is 4.35. The Kier molecular flexibility index (Phi) is 5.73. The quantitative estimate of drug-likeness (QED) is 0.640. The van der Waals surface area contributed by atoms with Gasteiger partial charge in [0.15, 0.2) is 0 Å². The summed E-state index contributed by atoms with van der Waals surface area (Å²) in [4.78, 5) is 0. The molecule has 0 aromatic heterocycles. The van der Waals surface area contributed by atoms with E-state index in [9.17, 15) is 5.11 Å². The van der Waals surface area contributed by atoms with Gasteiger partial charge in [0.05, 0.1) is 6.10 Å². The van der Waals surface area contributed by atoms with Crippen molar-refractivity contribution in [3.63, 3.8) is 0 Å². The molecule has 0 heterocycles. The molecule has 0 saturated carbocycles. The Morgan fingerprint density at radius 3 is 2.08 bits per heavy atom. The molecule has 0 aromatic carbocycles. The first-order chi connectivity index (χ1) is 5.59. The zero-order valence-corrected chi connectivity index (χ0v) is 8.49. The normalized spacial score (nSPS) is 17.8. The van der Waals surface area contributed by atoms with E-state index in [0.29, 0.717) is 5.92 Å². The van der Waals surface area contributed by atoms with Crippen LogP contribution in [0, 0.1) is 11.8 Å². The Balaban J connectivity index is 3.93. The van der Waals surface area contributed by atoms with E-state index in [-0.39, 0.29) is 12.0 Å². The predicted molar refractivity (Wildman–Crippen MR) is 54.0 cm³/mol. The maximum atomic E-state index is 9.62. The van der Waals surface area contributed by atoms with E-state index in [1.807, 2.05) is 52.0 Å². The van der Waals surface area contributed by atoms with Crippen LogP contribution < -0.4 is 0 Å². The SMILES string of the molecule is CC=C/C=C/[C@@H](C)[C@@H](O)C(C)C. The lowest BCUT2D eigenvalue weighted by molar-refractivity contribution is 0.0911. The Morgan fingerprint density at radius 2 is 1.67 bits per heavy atom. The van der Waals surface area contributed by atoms with Gasteiger partial charge >= 0.3 is 0 Å². The van der Waals surface area contributed by atoms with E-state index in [4.69, 9.17) is 0 Å². The first kappa shape index (κ1) is 11.4. The summed E-state index contributed by atoms with van der Waals surface area (Å²) in [5.74, 6) is 0.566. The number of aliphatic hydroxyl groups is 1. The molecular weight excluding hydrogens is 148 g/mol. The molecule has 0 amide bonds. The molecule has 70 valence electrons. The third-order valence-corrected chi connectivity index (χ3v) is 1.94. The predicted octanol–water partition coefficient (Wildman–Crippen LogP) is 2.77. The summed E-state index contributed by atoms with van der Waals surface area (Å²) in [5, 5.41) is 9.62. The summed E-state index contributed by atoms with van der Waals surface area (Å²) >= 11 is 0. The lowest BCUT2D eigenvalue weighted by atomic mass is 9.94. The molecule has 0 aliphatic carbocycles. The monoisotopic (exact) mass is 168 g/mol. The van der Waals surface area contributed by atoms with Crippen molar-refractivity contribution >= 4 is 0 Å². The van der Waals surface area contributed by atoms with Crippen LogP contribution in [0.2, 0.25) is 0 Å². The molecule has 0 radical (unpaired) electrons. The molecule has 0 spiro atoms. The molecule has 0 rings (SSSR count). The van der Waals surface area contributed by atoms with E-state index >= 15 is 0 Å². The largest absolute Gasteiger partial charge is 0.392 e. The van der Waals surface area contributed by atoms with Crippen LogP contribution in [0.25, 0.3) is 0 Å². The van der Waals surface area contributed by atoms with Crippen molar-refractivity contribution in [2.24, 2.45) is 11.8 Å². The Bertz CT molecular complexity index is 156. The third-order valence-electron chi connectivity index (χ3n) is 1.94. The van der Waals surface area contributed by atoms with Gasteiger partial charge < -0.3 is 5.11 Å². The van der Waals surface area contributed by atoms with Crippen molar-refractivity contribution in [2.45, 2.75) is 33.8 Å². The average molecular weight is 168 g/mol. The molecule has 1 N–H and O–H groups in total. The zero-order valence-electron chi connectivity index (χ0n) is 8.49. The van der Waals surface area contributed by atoms with Gasteiger partial charge in [-0.3, -0.25) is 0 Å². The van der Waals surface area contributed by atoms with Gasteiger partial charge in [0.25, 0.3) is 0 Å². The van der Waals surface area contributed by atoms with Gasteiger partial charge in [-0.2, -0.15) is 0 Å². The van der Waals surface area contributed by atoms with Crippen LogP contribution in [-0.2, 0) is 0 Å². The van der Waals surface area contributed by atoms with E-state index in [0.717, 1.165) is 0 Å². The second kappa shape index (κ2) is 6.01. The van der Waals surface area contributed by atoms with Gasteiger partial charge in [-0.05, 0) is 12.8 Å². The van der Waals surface area contributed by atoms with Gasteiger partial charge in [-0.15, -0.1) is 0 Å². The summed E-state index contributed by atoms with van der Waals surface area (Å²) < 4.78 is 0. The number of rotatable bonds is 4. The van der Waals surface area contributed by atoms with Crippen LogP contribution in [0.15, 0.2) is 24.3 Å². The Morgan fingerprint density at radius 1 is 1.08 bits per heavy atom. The second-order valence-corrected chi connectivity index (χ2v) is 3.50. The molecule has 12 heavy (non-hydrogen) atoms. The van der Waals surface area contributed by atoms with Crippen LogP contribution in [-0.4, -0.2) is 11.2 Å². The van der Waals surface area contributed by atoms with E-state index < -0.39 is 0 Å². The molecule has 0 unspecified atom stereocenters. The topological polar surface area (TPSA) is 20.2 Å². The van der Waals surface area contributed by atoms with Gasteiger partial charge in [-0.1, -0.05) is 45.1 Å². The highest BCUT2D eigenvalue weighted by molar-refractivity contribution is 5.03. The van der Waals surface area contributed by atoms with Crippen LogP contribution in [0.4, 0.5) is 0 Å². The molecule has 0 fully saturated rings. The molecule has 0 aliphatic rings. The summed E-state index contributed by atoms with van der Waals surface area (Å²) in [6.07, 6.45) is 7.74. The summed E-state index contributed by atoms with van der Waals surface area (Å²) in [6.45, 7) is 8.08. The molecule has 2 atom stereocenters. The molecule has 0 saturated heterocycles. The lowest BCUT2D eigenvalue weighted by Gasteiger charge is -2.18. The first-order valence-electron chi connectivity index (χ1n) is 4.57. The summed E-state index contributed by atoms with van der Waals surface area (Å²) in [6, 6.07) is 0. The maximum absolute atomic E-state index is 9.62. The average Bonchev–Trinajstić information content (AvgIpc) is 2.03. The highest BCUT2D eigenvalue weighted by Gasteiger charge is 2.14. The number of aliphatic hydroxyl groups excluding tert-OH is 1. The highest BCUT2D eigenvalue weighted by atomic mass is 16.3. The minimum Gasteiger partial charge on any atom is -0.392 e. The fourth-order valence-corrected chi connectivity index (χ4v) is 1.07. The minimum absolute atomic E-state index is 0.230. The van der Waals surface area contributed by atoms with E-state index in [1.54, 1.807) is 0 Å². The fraction of sp³-hybridized carbons (Fsp3) is 0.636. The number of hydrogen-bond donors (Lipinski definition) is 1. The molecule has 1 heteroatoms. The van der Waals surface area contributed by atoms with Crippen molar-refractivity contribution in [1.82, 2.24) is 0 Å². The zero-order chi connectivity index (χ0) is 9.56. The fourth-order valence-electron chi connectivity index (χ4n) is 1.07. The van der Waals surface area contributed by atoms with Gasteiger partial charge in [-0.25, -0.2) is 0 Å². The van der Waals surface area contributed by atoms with Crippen LogP contribution in [0.1, 0.15) is 27.7 Å². The second-order valence-electron chi connectivity index (χ2n) is 3.50. The maximum Gasteiger partial charge on any atom is 0.0623 e. The Labute approximate surface area is 75.8 Å². The first-order valence-corrected chi connectivity index (χ1v) is 4.57. The van der Waals surface area contributed by atoms with Crippen LogP contribution in [0.5, 0.6) is 0 Å². The molecule has 0 aromatic rings. The summed E-state index contributed by atoms with van der Waals surface area (Å²) in [7, 11) is 0. The smallest absolute Gasteiger partial charge is 0.0623 e. The summed E-state index contributed by atoms with van der Waals surface area (Å²) in [5.41, 5.74) is 0. The van der Waals surface area contributed by atoms with Gasteiger partial charge in [0.1, 0.15) is 0 Å². The number of allylic oxidation sites excluding steroid dienone is 3. The van der Waals surface area contributed by atoms with Crippen LogP contribution >= 0.6 is 0 Å². The minimum atomic E-state index is -0.230. The van der Waals surface area contributed by atoms with Crippen LogP contribution in [0.3, 0.4) is 0 Å². The highest BCUT2D eigenvalue weighted by Crippen LogP contribution is 2.13. The van der Waals surface area contributed by atoms with Crippen molar-refractivity contribution in [3.05, 3.63) is 24.3 Å². The lowest BCUT2D eigenvalue weighted by Crippen LogP contribution is -2.21. The number of hydrogen-bond acceptors (Lipinski definition) is 1. The van der Waals surface area contributed by atoms with E-state index in [2.05, 4.69) is 0 Å². The van der Waals surface area contributed by atoms with E-state index in [1.165, 1.54) is 0 Å². The van der Waals surface area contributed by atoms with Crippen molar-refractivity contribution in [3.8, 4) is 0 Å². The van der Waals surface area contributed by atoms with Gasteiger partial charge in [0.2, 0.25) is 0 Å². The molecule has 0 bridgehead atoms. The molecular formula is C11H20O. The van der Waals surface area contributed by atoms with Gasteiger partial charge in [0, 0.05) is 5.92 Å².